The minimum atomic E-state index is -0.355. The summed E-state index contributed by atoms with van der Waals surface area (Å²) in [5.74, 6) is 1.71. The second-order valence-corrected chi connectivity index (χ2v) is 16.9. The topological polar surface area (TPSA) is 93.7 Å². The molecule has 0 atom stereocenters. The van der Waals surface area contributed by atoms with Gasteiger partial charge in [-0.15, -0.1) is 11.3 Å². The first-order valence-electron chi connectivity index (χ1n) is 18.3. The Balaban J connectivity index is 1.23. The molecule has 2 bridgehead atoms. The van der Waals surface area contributed by atoms with Gasteiger partial charge < -0.3 is 14.8 Å². The summed E-state index contributed by atoms with van der Waals surface area (Å²) in [5.41, 5.74) is 3.91. The van der Waals surface area contributed by atoms with Crippen molar-refractivity contribution < 1.29 is 19.1 Å². The first-order valence-corrected chi connectivity index (χ1v) is 19.1. The number of amides is 2. The van der Waals surface area contributed by atoms with Gasteiger partial charge in [0.2, 0.25) is 5.91 Å². The number of ether oxygens (including phenoxy) is 2. The van der Waals surface area contributed by atoms with Crippen LogP contribution in [0, 0.1) is 18.3 Å². The number of nitrogens with zero attached hydrogens (tertiary/aromatic N) is 3. The minimum Gasteiger partial charge on any atom is -0.496 e. The zero-order valence-corrected chi connectivity index (χ0v) is 31.1. The molecule has 8 nitrogen and oxygen atoms in total. The lowest BCUT2D eigenvalue weighted by Gasteiger charge is -2.55. The van der Waals surface area contributed by atoms with Gasteiger partial charge in [-0.3, -0.25) is 9.69 Å². The number of fused-ring (bicyclic) bond motifs is 3. The zero-order valence-electron chi connectivity index (χ0n) is 30.3. The monoisotopic (exact) mass is 686 g/mol. The van der Waals surface area contributed by atoms with E-state index in [4.69, 9.17) is 19.4 Å². The molecular formula is C40H54N4O4S. The third kappa shape index (κ3) is 7.67. The number of methoxy groups -OCH3 is 1. The molecule has 4 aliphatic carbocycles. The first-order chi connectivity index (χ1) is 23.4. The van der Waals surface area contributed by atoms with Gasteiger partial charge in [0, 0.05) is 36.8 Å². The van der Waals surface area contributed by atoms with E-state index in [0.29, 0.717) is 38.8 Å². The zero-order chi connectivity index (χ0) is 34.8. The van der Waals surface area contributed by atoms with Crippen molar-refractivity contribution >= 4 is 29.2 Å². The van der Waals surface area contributed by atoms with Crippen molar-refractivity contribution in [3.8, 4) is 16.2 Å². The van der Waals surface area contributed by atoms with E-state index >= 15 is 0 Å². The van der Waals surface area contributed by atoms with Crippen molar-refractivity contribution in [2.45, 2.75) is 122 Å². The Bertz CT molecular complexity index is 1610. The van der Waals surface area contributed by atoms with Crippen LogP contribution in [0.15, 0.2) is 42.7 Å². The SMILES string of the molecule is CCCNC(=O)OC1CCC(C(=O)N(CC23CCC(c4ccc(OC)c(C)c4)(CC2)CC3)c2cc(-c3cnc(C(C)(C)C)s3)ccn2)CC1. The number of thiazole rings is 1. The molecule has 1 N–H and O–H groups in total. The number of hydrogen-bond donors (Lipinski definition) is 1. The number of rotatable bonds is 10. The number of pyridine rings is 1. The number of alkyl carbamates (subject to hydrolysis) is 1. The number of benzene rings is 1. The number of aryl methyl sites for hydroxylation is 1. The van der Waals surface area contributed by atoms with Crippen molar-refractivity contribution in [1.82, 2.24) is 15.3 Å². The van der Waals surface area contributed by atoms with Crippen LogP contribution >= 0.6 is 11.3 Å². The smallest absolute Gasteiger partial charge is 0.407 e. The Morgan fingerprint density at radius 2 is 1.71 bits per heavy atom. The number of nitrogens with one attached hydrogen (secondary N) is 1. The fourth-order valence-corrected chi connectivity index (χ4v) is 9.26. The van der Waals surface area contributed by atoms with Gasteiger partial charge in [-0.2, -0.15) is 0 Å². The summed E-state index contributed by atoms with van der Waals surface area (Å²) in [5, 5.41) is 3.90. The maximum atomic E-state index is 14.6. The highest BCUT2D eigenvalue weighted by Crippen LogP contribution is 2.58. The van der Waals surface area contributed by atoms with Gasteiger partial charge in [0.15, 0.2) is 0 Å². The lowest BCUT2D eigenvalue weighted by molar-refractivity contribution is -0.124. The third-order valence-electron chi connectivity index (χ3n) is 11.4. The van der Waals surface area contributed by atoms with Gasteiger partial charge in [-0.1, -0.05) is 39.8 Å². The van der Waals surface area contributed by atoms with E-state index in [1.54, 1.807) is 18.4 Å². The predicted molar refractivity (Wildman–Crippen MR) is 196 cm³/mol. The van der Waals surface area contributed by atoms with Crippen LogP contribution in [0.4, 0.5) is 10.6 Å². The lowest BCUT2D eigenvalue weighted by Crippen LogP contribution is -2.52. The van der Waals surface area contributed by atoms with Crippen LogP contribution in [0.3, 0.4) is 0 Å². The van der Waals surface area contributed by atoms with Crippen molar-refractivity contribution in [3.05, 3.63) is 58.9 Å². The standard InChI is InChI=1S/C40H54N4O4S/c1-7-21-42-37(46)48-31-11-8-28(9-12-31)35(45)44(34-24-29(14-22-41-34)33-25-43-36(49-33)38(3,4)5)26-39-15-18-40(19-16-39,20-17-39)30-10-13-32(47-6)27(2)23-30/h10,13-14,22-25,28,31H,7-9,11-12,15-21,26H2,1-6H3,(H,42,46). The second-order valence-electron chi connectivity index (χ2n) is 15.9. The number of carbonyl (C=O) groups is 2. The predicted octanol–water partition coefficient (Wildman–Crippen LogP) is 9.14. The van der Waals surface area contributed by atoms with E-state index in [9.17, 15) is 9.59 Å². The van der Waals surface area contributed by atoms with Gasteiger partial charge in [-0.05, 0) is 123 Å². The molecule has 7 rings (SSSR count). The van der Waals surface area contributed by atoms with E-state index in [0.717, 1.165) is 72.0 Å². The Kier molecular flexibility index (Phi) is 10.4. The molecule has 0 aliphatic heterocycles. The molecule has 0 saturated heterocycles. The summed E-state index contributed by atoms with van der Waals surface area (Å²) in [7, 11) is 1.74. The molecule has 0 unspecified atom stereocenters. The molecular weight excluding hydrogens is 633 g/mol. The van der Waals surface area contributed by atoms with E-state index in [-0.39, 0.29) is 40.3 Å². The third-order valence-corrected chi connectivity index (χ3v) is 12.9. The highest BCUT2D eigenvalue weighted by Gasteiger charge is 2.51. The molecule has 2 heterocycles. The summed E-state index contributed by atoms with van der Waals surface area (Å²) in [4.78, 5) is 39.5. The Hall–Kier alpha value is -3.46. The first kappa shape index (κ1) is 35.4. The number of carbonyl (C=O) groups excluding carboxylic acids is 2. The molecule has 1 aromatic carbocycles. The Morgan fingerprint density at radius 3 is 2.33 bits per heavy atom. The van der Waals surface area contributed by atoms with Gasteiger partial charge in [0.25, 0.3) is 0 Å². The molecule has 9 heteroatoms. The van der Waals surface area contributed by atoms with Gasteiger partial charge >= 0.3 is 6.09 Å². The van der Waals surface area contributed by atoms with Crippen LogP contribution in [0.5, 0.6) is 5.75 Å². The fraction of sp³-hybridized carbons (Fsp3) is 0.600. The maximum Gasteiger partial charge on any atom is 0.407 e. The van der Waals surface area contributed by atoms with Gasteiger partial charge in [0.05, 0.1) is 17.0 Å². The molecule has 49 heavy (non-hydrogen) atoms. The number of hydrogen-bond acceptors (Lipinski definition) is 7. The molecule has 2 amide bonds. The normalized spacial score (nSPS) is 25.1. The molecule has 2 aromatic heterocycles. The molecule has 4 fully saturated rings. The van der Waals surface area contributed by atoms with Crippen LogP contribution in [-0.4, -0.2) is 48.3 Å². The Labute approximate surface area is 296 Å². The largest absolute Gasteiger partial charge is 0.496 e. The van der Waals surface area contributed by atoms with Crippen LogP contribution in [0.25, 0.3) is 10.4 Å². The van der Waals surface area contributed by atoms with E-state index in [1.165, 1.54) is 11.1 Å². The van der Waals surface area contributed by atoms with E-state index in [2.05, 4.69) is 57.3 Å². The molecule has 4 aliphatic rings. The van der Waals surface area contributed by atoms with Crippen molar-refractivity contribution in [3.63, 3.8) is 0 Å². The summed E-state index contributed by atoms with van der Waals surface area (Å²) in [6.45, 7) is 12.0. The van der Waals surface area contributed by atoms with Crippen LogP contribution in [0.1, 0.15) is 114 Å². The van der Waals surface area contributed by atoms with Crippen LogP contribution < -0.4 is 15.0 Å². The van der Waals surface area contributed by atoms with E-state index < -0.39 is 0 Å². The Morgan fingerprint density at radius 1 is 1.00 bits per heavy atom. The summed E-state index contributed by atoms with van der Waals surface area (Å²) < 4.78 is 11.2. The molecule has 264 valence electrons. The van der Waals surface area contributed by atoms with Crippen molar-refractivity contribution in [1.29, 1.82) is 0 Å². The highest BCUT2D eigenvalue weighted by molar-refractivity contribution is 7.15. The van der Waals surface area contributed by atoms with Gasteiger partial charge in [0.1, 0.15) is 17.7 Å². The van der Waals surface area contributed by atoms with Crippen LogP contribution in [-0.2, 0) is 20.4 Å². The quantitative estimate of drug-likeness (QED) is 0.229. The highest BCUT2D eigenvalue weighted by atomic mass is 32.1. The minimum absolute atomic E-state index is 0.0269. The number of aromatic nitrogens is 2. The van der Waals surface area contributed by atoms with Crippen molar-refractivity contribution in [2.24, 2.45) is 11.3 Å². The molecule has 3 aromatic rings. The second kappa shape index (κ2) is 14.4. The summed E-state index contributed by atoms with van der Waals surface area (Å²) >= 11 is 1.71. The summed E-state index contributed by atoms with van der Waals surface area (Å²) in [6.07, 6.45) is 13.7. The fourth-order valence-electron chi connectivity index (χ4n) is 8.29. The number of anilines is 1. The molecule has 4 saturated carbocycles. The van der Waals surface area contributed by atoms with Gasteiger partial charge in [-0.25, -0.2) is 14.8 Å². The molecule has 0 spiro atoms. The maximum absolute atomic E-state index is 14.6. The van der Waals surface area contributed by atoms with E-state index in [1.807, 2.05) is 30.3 Å². The average Bonchev–Trinajstić information content (AvgIpc) is 3.62. The average molecular weight is 687 g/mol. The molecule has 0 radical (unpaired) electrons. The lowest BCUT2D eigenvalue weighted by atomic mass is 9.51. The summed E-state index contributed by atoms with van der Waals surface area (Å²) in [6, 6.07) is 10.9. The van der Waals surface area contributed by atoms with Crippen LogP contribution in [0.2, 0.25) is 0 Å². The van der Waals surface area contributed by atoms with Crippen molar-refractivity contribution in [2.75, 3.05) is 25.1 Å².